The Kier molecular flexibility index (Phi) is 8.12. The van der Waals surface area contributed by atoms with E-state index in [2.05, 4.69) is 15.0 Å². The van der Waals surface area contributed by atoms with Crippen molar-refractivity contribution in [2.24, 2.45) is 0 Å². The number of nitrogen functional groups attached to an aromatic ring is 1. The maximum Gasteiger partial charge on any atom is 0.573 e. The summed E-state index contributed by atoms with van der Waals surface area (Å²) in [6.45, 7) is 2.50. The number of aromatic amines is 1. The molecule has 9 heteroatoms. The van der Waals surface area contributed by atoms with Crippen molar-refractivity contribution in [1.82, 2.24) is 10.3 Å². The average molecular weight is 484 g/mol. The largest absolute Gasteiger partial charge is 0.573 e. The third kappa shape index (κ3) is 7.22. The Labute approximate surface area is 193 Å². The molecule has 0 unspecified atom stereocenters. The fourth-order valence-electron chi connectivity index (χ4n) is 3.14. The standard InChI is InChI=1S/C12H7Cl2N.C7H6F3NO.C4H9N/c13-7-1-3-11-9(5-7)10-6-8(14)2-4-12(10)15-11;8-7(9,10)12-6-3-1-5(11)2-4-6;1-2-4-5-3-1/h1-6,15H;1-4H,11H2;5H,1-4H2. The monoisotopic (exact) mass is 483 g/mol. The van der Waals surface area contributed by atoms with E-state index in [1.807, 2.05) is 36.4 Å². The second-order valence-electron chi connectivity index (χ2n) is 7.08. The maximum absolute atomic E-state index is 11.6. The minimum Gasteiger partial charge on any atom is -0.406 e. The summed E-state index contributed by atoms with van der Waals surface area (Å²) in [5, 5.41) is 6.92. The molecular weight excluding hydrogens is 462 g/mol. The quantitative estimate of drug-likeness (QED) is 0.251. The van der Waals surface area contributed by atoms with Gasteiger partial charge in [0.1, 0.15) is 5.75 Å². The number of hydrogen-bond donors (Lipinski definition) is 3. The number of fused-ring (bicyclic) bond motifs is 3. The first-order valence-electron chi connectivity index (χ1n) is 9.90. The minimum atomic E-state index is -4.64. The SMILES string of the molecule is C1CCNC1.Clc1ccc2[nH]c3ccc(Cl)cc3c2c1.Nc1ccc(OC(F)(F)F)cc1. The highest BCUT2D eigenvalue weighted by atomic mass is 35.5. The molecule has 0 amide bonds. The molecule has 0 atom stereocenters. The van der Waals surface area contributed by atoms with Crippen molar-refractivity contribution in [2.45, 2.75) is 19.2 Å². The predicted octanol–water partition coefficient (Wildman–Crippen LogP) is 7.17. The molecule has 4 aromatic rings. The Morgan fingerprint density at radius 1 is 0.781 bits per heavy atom. The van der Waals surface area contributed by atoms with Gasteiger partial charge < -0.3 is 20.8 Å². The van der Waals surface area contributed by atoms with Crippen LogP contribution in [0.15, 0.2) is 60.7 Å². The summed E-state index contributed by atoms with van der Waals surface area (Å²) in [6.07, 6.45) is -1.86. The van der Waals surface area contributed by atoms with Crippen LogP contribution in [0.4, 0.5) is 18.9 Å². The summed E-state index contributed by atoms with van der Waals surface area (Å²) in [5.41, 5.74) is 7.81. The van der Waals surface area contributed by atoms with Crippen LogP contribution in [0.1, 0.15) is 12.8 Å². The first-order valence-corrected chi connectivity index (χ1v) is 10.7. The molecule has 4 N–H and O–H groups in total. The van der Waals surface area contributed by atoms with Crippen LogP contribution in [0.25, 0.3) is 21.8 Å². The van der Waals surface area contributed by atoms with Crippen molar-refractivity contribution in [3.8, 4) is 5.75 Å². The number of benzene rings is 3. The summed E-state index contributed by atoms with van der Waals surface area (Å²) >= 11 is 11.9. The van der Waals surface area contributed by atoms with Gasteiger partial charge in [-0.25, -0.2) is 0 Å². The molecule has 1 fully saturated rings. The van der Waals surface area contributed by atoms with E-state index in [9.17, 15) is 13.2 Å². The first kappa shape index (κ1) is 24.0. The van der Waals surface area contributed by atoms with E-state index in [-0.39, 0.29) is 5.75 Å². The van der Waals surface area contributed by atoms with Crippen LogP contribution < -0.4 is 15.8 Å². The molecule has 0 aliphatic carbocycles. The normalized spacial score (nSPS) is 13.3. The summed E-state index contributed by atoms with van der Waals surface area (Å²) in [4.78, 5) is 3.32. The summed E-state index contributed by atoms with van der Waals surface area (Å²) in [6, 6.07) is 16.6. The van der Waals surface area contributed by atoms with E-state index >= 15 is 0 Å². The number of nitrogens with one attached hydrogen (secondary N) is 2. The molecule has 0 radical (unpaired) electrons. The van der Waals surface area contributed by atoms with Gasteiger partial charge in [-0.2, -0.15) is 0 Å². The third-order valence-electron chi connectivity index (χ3n) is 4.59. The van der Waals surface area contributed by atoms with E-state index in [0.29, 0.717) is 5.69 Å². The van der Waals surface area contributed by atoms with Crippen LogP contribution in [0.3, 0.4) is 0 Å². The average Bonchev–Trinajstić information content (AvgIpc) is 3.41. The Hall–Kier alpha value is -2.61. The van der Waals surface area contributed by atoms with Gasteiger partial charge in [0, 0.05) is 37.5 Å². The third-order valence-corrected chi connectivity index (χ3v) is 5.06. The van der Waals surface area contributed by atoms with Gasteiger partial charge in [0.05, 0.1) is 0 Å². The molecule has 0 bridgehead atoms. The van der Waals surface area contributed by atoms with Gasteiger partial charge >= 0.3 is 6.36 Å². The van der Waals surface area contributed by atoms with Crippen molar-refractivity contribution in [3.63, 3.8) is 0 Å². The smallest absolute Gasteiger partial charge is 0.406 e. The molecular formula is C23H22Cl2F3N3O. The van der Waals surface area contributed by atoms with Crippen LogP contribution >= 0.6 is 23.2 Å². The van der Waals surface area contributed by atoms with E-state index < -0.39 is 6.36 Å². The maximum atomic E-state index is 11.6. The lowest BCUT2D eigenvalue weighted by Crippen LogP contribution is -2.16. The highest BCUT2D eigenvalue weighted by Crippen LogP contribution is 2.29. The lowest BCUT2D eigenvalue weighted by Gasteiger charge is -2.07. The Morgan fingerprint density at radius 3 is 1.69 bits per heavy atom. The fraction of sp³-hybridized carbons (Fsp3) is 0.217. The van der Waals surface area contributed by atoms with Crippen molar-refractivity contribution in [3.05, 3.63) is 70.7 Å². The van der Waals surface area contributed by atoms with Gasteiger partial charge in [0.2, 0.25) is 0 Å². The molecule has 1 aliphatic rings. The van der Waals surface area contributed by atoms with Gasteiger partial charge in [0.15, 0.2) is 0 Å². The van der Waals surface area contributed by atoms with Gasteiger partial charge in [-0.1, -0.05) is 23.2 Å². The van der Waals surface area contributed by atoms with E-state index in [0.717, 1.165) is 44.0 Å². The van der Waals surface area contributed by atoms with Crippen LogP contribution in [-0.4, -0.2) is 24.4 Å². The van der Waals surface area contributed by atoms with Crippen molar-refractivity contribution < 1.29 is 17.9 Å². The van der Waals surface area contributed by atoms with Gasteiger partial charge in [-0.15, -0.1) is 13.2 Å². The zero-order chi connectivity index (χ0) is 23.1. The predicted molar refractivity (Wildman–Crippen MR) is 125 cm³/mol. The number of halogens is 5. The number of hydrogen-bond acceptors (Lipinski definition) is 3. The van der Waals surface area contributed by atoms with Crippen molar-refractivity contribution in [2.75, 3.05) is 18.8 Å². The topological polar surface area (TPSA) is 63.1 Å². The number of rotatable bonds is 1. The van der Waals surface area contributed by atoms with Crippen molar-refractivity contribution in [1.29, 1.82) is 0 Å². The summed E-state index contributed by atoms with van der Waals surface area (Å²) in [5.74, 6) is -0.267. The first-order chi connectivity index (χ1) is 15.2. The fourth-order valence-corrected chi connectivity index (χ4v) is 3.48. The molecule has 0 spiro atoms. The molecule has 170 valence electrons. The van der Waals surface area contributed by atoms with Gasteiger partial charge in [-0.3, -0.25) is 0 Å². The molecule has 32 heavy (non-hydrogen) atoms. The number of anilines is 1. The minimum absolute atomic E-state index is 0.267. The Balaban J connectivity index is 0.000000152. The molecule has 3 aromatic carbocycles. The van der Waals surface area contributed by atoms with Crippen LogP contribution in [0.5, 0.6) is 5.75 Å². The van der Waals surface area contributed by atoms with E-state index in [1.54, 1.807) is 0 Å². The molecule has 0 saturated carbocycles. The zero-order valence-corrected chi connectivity index (χ0v) is 18.5. The molecule has 1 aromatic heterocycles. The molecule has 5 rings (SSSR count). The lowest BCUT2D eigenvalue weighted by atomic mass is 10.1. The molecule has 2 heterocycles. The number of H-pyrrole nitrogens is 1. The van der Waals surface area contributed by atoms with E-state index in [4.69, 9.17) is 28.9 Å². The van der Waals surface area contributed by atoms with Crippen LogP contribution in [0, 0.1) is 0 Å². The Bertz CT molecular complexity index is 1090. The number of ether oxygens (including phenoxy) is 1. The second kappa shape index (κ2) is 10.8. The van der Waals surface area contributed by atoms with Crippen molar-refractivity contribution >= 4 is 50.7 Å². The highest BCUT2D eigenvalue weighted by molar-refractivity contribution is 6.33. The van der Waals surface area contributed by atoms with Crippen LogP contribution in [0.2, 0.25) is 10.0 Å². The molecule has 4 nitrogen and oxygen atoms in total. The molecule has 1 saturated heterocycles. The Morgan fingerprint density at radius 2 is 1.28 bits per heavy atom. The lowest BCUT2D eigenvalue weighted by molar-refractivity contribution is -0.274. The number of nitrogens with two attached hydrogens (primary N) is 1. The van der Waals surface area contributed by atoms with Crippen LogP contribution in [-0.2, 0) is 0 Å². The van der Waals surface area contributed by atoms with Gasteiger partial charge in [-0.05, 0) is 86.6 Å². The zero-order valence-electron chi connectivity index (χ0n) is 17.0. The summed E-state index contributed by atoms with van der Waals surface area (Å²) < 4.78 is 38.4. The second-order valence-corrected chi connectivity index (χ2v) is 7.95. The van der Waals surface area contributed by atoms with E-state index in [1.165, 1.54) is 38.1 Å². The molecule has 1 aliphatic heterocycles. The van der Waals surface area contributed by atoms with Gasteiger partial charge in [0.25, 0.3) is 0 Å². The number of alkyl halides is 3. The number of aromatic nitrogens is 1. The highest BCUT2D eigenvalue weighted by Gasteiger charge is 2.30. The summed E-state index contributed by atoms with van der Waals surface area (Å²) in [7, 11) is 0.